The molecule has 1 atom stereocenters. The van der Waals surface area contributed by atoms with Crippen molar-refractivity contribution in [1.82, 2.24) is 5.32 Å². The molecule has 72 valence electrons. The summed E-state index contributed by atoms with van der Waals surface area (Å²) in [6.45, 7) is 5.00. The molecule has 1 rings (SSSR count). The molecule has 1 unspecified atom stereocenters. The zero-order valence-electron chi connectivity index (χ0n) is 8.18. The number of nitrogens with one attached hydrogen (secondary N) is 1. The van der Waals surface area contributed by atoms with Crippen LogP contribution in [0.5, 0.6) is 0 Å². The molecule has 0 saturated heterocycles. The zero-order valence-corrected chi connectivity index (χ0v) is 8.18. The molecule has 0 fully saturated rings. The van der Waals surface area contributed by atoms with Crippen LogP contribution in [-0.4, -0.2) is 6.54 Å². The minimum absolute atomic E-state index is 0.0983. The van der Waals surface area contributed by atoms with Crippen molar-refractivity contribution < 1.29 is 4.39 Å². The average Bonchev–Trinajstić information content (AvgIpc) is 2.15. The first-order valence-electron chi connectivity index (χ1n) is 4.73. The monoisotopic (exact) mass is 181 g/mol. The van der Waals surface area contributed by atoms with Crippen molar-refractivity contribution in [3.8, 4) is 0 Å². The fraction of sp³-hybridized carbons (Fsp3) is 0.455. The van der Waals surface area contributed by atoms with Crippen LogP contribution in [0.3, 0.4) is 0 Å². The van der Waals surface area contributed by atoms with Crippen molar-refractivity contribution >= 4 is 0 Å². The molecule has 0 heterocycles. The molecular weight excluding hydrogens is 165 g/mol. The van der Waals surface area contributed by atoms with E-state index < -0.39 is 0 Å². The summed E-state index contributed by atoms with van der Waals surface area (Å²) >= 11 is 0. The average molecular weight is 181 g/mol. The van der Waals surface area contributed by atoms with Gasteiger partial charge in [0, 0.05) is 11.6 Å². The molecule has 0 aliphatic rings. The van der Waals surface area contributed by atoms with Gasteiger partial charge in [0.25, 0.3) is 0 Å². The first-order valence-corrected chi connectivity index (χ1v) is 4.73. The van der Waals surface area contributed by atoms with E-state index in [1.807, 2.05) is 19.1 Å². The van der Waals surface area contributed by atoms with Crippen LogP contribution in [0, 0.1) is 5.82 Å². The Labute approximate surface area is 79.0 Å². The van der Waals surface area contributed by atoms with Gasteiger partial charge >= 0.3 is 0 Å². The van der Waals surface area contributed by atoms with Crippen LogP contribution in [0.15, 0.2) is 24.3 Å². The standard InChI is InChI=1S/C11H16FN/c1-3-8-13-9(2)10-6-4-5-7-11(10)12/h4-7,9,13H,3,8H2,1-2H3. The third-order valence-corrected chi connectivity index (χ3v) is 2.07. The third kappa shape index (κ3) is 2.81. The van der Waals surface area contributed by atoms with E-state index in [2.05, 4.69) is 12.2 Å². The molecule has 0 aromatic heterocycles. The Balaban J connectivity index is 2.65. The molecule has 0 radical (unpaired) electrons. The molecule has 1 aromatic carbocycles. The molecule has 0 aliphatic heterocycles. The van der Waals surface area contributed by atoms with Gasteiger partial charge in [0.15, 0.2) is 0 Å². The third-order valence-electron chi connectivity index (χ3n) is 2.07. The lowest BCUT2D eigenvalue weighted by Crippen LogP contribution is -2.20. The number of rotatable bonds is 4. The largest absolute Gasteiger partial charge is 0.310 e. The highest BCUT2D eigenvalue weighted by atomic mass is 19.1. The highest BCUT2D eigenvalue weighted by molar-refractivity contribution is 5.20. The Bertz CT molecular complexity index is 260. The molecule has 13 heavy (non-hydrogen) atoms. The van der Waals surface area contributed by atoms with Crippen molar-refractivity contribution in [2.24, 2.45) is 0 Å². The van der Waals surface area contributed by atoms with Crippen molar-refractivity contribution in [3.63, 3.8) is 0 Å². The predicted octanol–water partition coefficient (Wildman–Crippen LogP) is 2.89. The molecule has 0 saturated carbocycles. The Kier molecular flexibility index (Phi) is 3.90. The van der Waals surface area contributed by atoms with Gasteiger partial charge in [-0.2, -0.15) is 0 Å². The van der Waals surface area contributed by atoms with Crippen LogP contribution < -0.4 is 5.32 Å². The molecule has 0 amide bonds. The van der Waals surface area contributed by atoms with Gasteiger partial charge < -0.3 is 5.32 Å². The Hall–Kier alpha value is -0.890. The maximum Gasteiger partial charge on any atom is 0.127 e. The summed E-state index contributed by atoms with van der Waals surface area (Å²) < 4.78 is 13.2. The lowest BCUT2D eigenvalue weighted by molar-refractivity contribution is 0.527. The van der Waals surface area contributed by atoms with Crippen molar-refractivity contribution in [1.29, 1.82) is 0 Å². The SMILES string of the molecule is CCCNC(C)c1ccccc1F. The minimum Gasteiger partial charge on any atom is -0.310 e. The Morgan fingerprint density at radius 1 is 1.38 bits per heavy atom. The fourth-order valence-electron chi connectivity index (χ4n) is 1.30. The summed E-state index contributed by atoms with van der Waals surface area (Å²) in [4.78, 5) is 0. The van der Waals surface area contributed by atoms with E-state index in [1.54, 1.807) is 6.07 Å². The summed E-state index contributed by atoms with van der Waals surface area (Å²) in [5, 5.41) is 3.25. The van der Waals surface area contributed by atoms with E-state index in [0.29, 0.717) is 0 Å². The van der Waals surface area contributed by atoms with Gasteiger partial charge in [-0.3, -0.25) is 0 Å². The lowest BCUT2D eigenvalue weighted by atomic mass is 10.1. The summed E-state index contributed by atoms with van der Waals surface area (Å²) in [7, 11) is 0. The molecule has 1 aromatic rings. The summed E-state index contributed by atoms with van der Waals surface area (Å²) in [6.07, 6.45) is 1.07. The highest BCUT2D eigenvalue weighted by Crippen LogP contribution is 2.15. The molecule has 2 heteroatoms. The maximum absolute atomic E-state index is 13.2. The highest BCUT2D eigenvalue weighted by Gasteiger charge is 2.07. The van der Waals surface area contributed by atoms with E-state index in [-0.39, 0.29) is 11.9 Å². The topological polar surface area (TPSA) is 12.0 Å². The predicted molar refractivity (Wildman–Crippen MR) is 53.1 cm³/mol. The molecule has 1 nitrogen and oxygen atoms in total. The minimum atomic E-state index is -0.126. The molecule has 0 spiro atoms. The molecular formula is C11H16FN. The van der Waals surface area contributed by atoms with E-state index in [1.165, 1.54) is 6.07 Å². The summed E-state index contributed by atoms with van der Waals surface area (Å²) in [5.41, 5.74) is 0.746. The summed E-state index contributed by atoms with van der Waals surface area (Å²) in [5.74, 6) is -0.126. The van der Waals surface area contributed by atoms with Crippen molar-refractivity contribution in [3.05, 3.63) is 35.6 Å². The first kappa shape index (κ1) is 10.2. The second kappa shape index (κ2) is 4.97. The van der Waals surface area contributed by atoms with Crippen molar-refractivity contribution in [2.45, 2.75) is 26.3 Å². The molecule has 0 aliphatic carbocycles. The zero-order chi connectivity index (χ0) is 9.68. The first-order chi connectivity index (χ1) is 6.25. The van der Waals surface area contributed by atoms with E-state index >= 15 is 0 Å². The van der Waals surface area contributed by atoms with E-state index in [0.717, 1.165) is 18.5 Å². The fourth-order valence-corrected chi connectivity index (χ4v) is 1.30. The number of benzene rings is 1. The van der Waals surface area contributed by atoms with Crippen LogP contribution in [0.25, 0.3) is 0 Å². The van der Waals surface area contributed by atoms with Crippen LogP contribution in [0.4, 0.5) is 4.39 Å². The second-order valence-corrected chi connectivity index (χ2v) is 3.20. The summed E-state index contributed by atoms with van der Waals surface area (Å²) in [6, 6.07) is 7.00. The van der Waals surface area contributed by atoms with Gasteiger partial charge in [0.1, 0.15) is 5.82 Å². The smallest absolute Gasteiger partial charge is 0.127 e. The number of hydrogen-bond acceptors (Lipinski definition) is 1. The normalized spacial score (nSPS) is 12.8. The van der Waals surface area contributed by atoms with Crippen molar-refractivity contribution in [2.75, 3.05) is 6.54 Å². The molecule has 0 bridgehead atoms. The van der Waals surface area contributed by atoms with Crippen LogP contribution in [-0.2, 0) is 0 Å². The Morgan fingerprint density at radius 2 is 2.08 bits per heavy atom. The Morgan fingerprint density at radius 3 is 2.69 bits per heavy atom. The quantitative estimate of drug-likeness (QED) is 0.753. The van der Waals surface area contributed by atoms with Crippen LogP contribution >= 0.6 is 0 Å². The van der Waals surface area contributed by atoms with Crippen LogP contribution in [0.2, 0.25) is 0 Å². The lowest BCUT2D eigenvalue weighted by Gasteiger charge is -2.13. The van der Waals surface area contributed by atoms with Crippen LogP contribution in [0.1, 0.15) is 31.9 Å². The van der Waals surface area contributed by atoms with Gasteiger partial charge in [-0.15, -0.1) is 0 Å². The molecule has 1 N–H and O–H groups in total. The van der Waals surface area contributed by atoms with E-state index in [4.69, 9.17) is 0 Å². The maximum atomic E-state index is 13.2. The number of hydrogen-bond donors (Lipinski definition) is 1. The van der Waals surface area contributed by atoms with E-state index in [9.17, 15) is 4.39 Å². The van der Waals surface area contributed by atoms with Gasteiger partial charge in [-0.05, 0) is 26.0 Å². The van der Waals surface area contributed by atoms with Gasteiger partial charge in [-0.25, -0.2) is 4.39 Å². The number of halogens is 1. The van der Waals surface area contributed by atoms with Gasteiger partial charge in [-0.1, -0.05) is 25.1 Å². The second-order valence-electron chi connectivity index (χ2n) is 3.20. The van der Waals surface area contributed by atoms with Gasteiger partial charge in [0.05, 0.1) is 0 Å². The van der Waals surface area contributed by atoms with Gasteiger partial charge in [0.2, 0.25) is 0 Å².